The minimum absolute atomic E-state index is 0.0475. The number of fused-ring (bicyclic) bond motifs is 5. The Morgan fingerprint density at radius 2 is 1.83 bits per heavy atom. The predicted octanol–water partition coefficient (Wildman–Crippen LogP) is 6.05. The van der Waals surface area contributed by atoms with Crippen molar-refractivity contribution in [3.8, 4) is 0 Å². The van der Waals surface area contributed by atoms with Crippen molar-refractivity contribution in [3.63, 3.8) is 0 Å². The second kappa shape index (κ2) is 8.09. The van der Waals surface area contributed by atoms with Gasteiger partial charge >= 0.3 is 5.97 Å². The number of esters is 1. The van der Waals surface area contributed by atoms with Crippen LogP contribution in [0.2, 0.25) is 0 Å². The van der Waals surface area contributed by atoms with E-state index in [4.69, 9.17) is 10.5 Å². The van der Waals surface area contributed by atoms with E-state index >= 15 is 0 Å². The summed E-state index contributed by atoms with van der Waals surface area (Å²) in [7, 11) is 1.51. The summed E-state index contributed by atoms with van der Waals surface area (Å²) in [5.74, 6) is 6.39. The first-order valence-corrected chi connectivity index (χ1v) is 12.9. The number of ether oxygens (including phenoxy) is 1. The molecular formula is C27H47NO2. The molecule has 0 radical (unpaired) electrons. The van der Waals surface area contributed by atoms with Gasteiger partial charge in [-0.2, -0.15) is 0 Å². The largest absolute Gasteiger partial charge is 0.469 e. The molecule has 3 heteroatoms. The topological polar surface area (TPSA) is 52.3 Å². The Kier molecular flexibility index (Phi) is 6.10. The summed E-state index contributed by atoms with van der Waals surface area (Å²) >= 11 is 0. The maximum Gasteiger partial charge on any atom is 0.305 e. The third kappa shape index (κ3) is 3.37. The van der Waals surface area contributed by atoms with E-state index in [9.17, 15) is 4.79 Å². The fraction of sp³-hybridized carbons (Fsp3) is 0.963. The quantitative estimate of drug-likeness (QED) is 0.566. The number of methoxy groups -OCH3 is 1. The highest BCUT2D eigenvalue weighted by Gasteiger charge is 2.64. The molecule has 30 heavy (non-hydrogen) atoms. The Morgan fingerprint density at radius 3 is 2.53 bits per heavy atom. The second-order valence-corrected chi connectivity index (χ2v) is 12.5. The Morgan fingerprint density at radius 1 is 1.10 bits per heavy atom. The summed E-state index contributed by atoms with van der Waals surface area (Å²) in [4.78, 5) is 11.8. The van der Waals surface area contributed by atoms with Crippen LogP contribution in [-0.2, 0) is 9.53 Å². The summed E-state index contributed by atoms with van der Waals surface area (Å²) in [5.41, 5.74) is 7.37. The van der Waals surface area contributed by atoms with Gasteiger partial charge in [-0.1, -0.05) is 34.6 Å². The van der Waals surface area contributed by atoms with Crippen molar-refractivity contribution < 1.29 is 9.53 Å². The minimum Gasteiger partial charge on any atom is -0.469 e. The molecule has 0 heterocycles. The molecule has 0 bridgehead atoms. The van der Waals surface area contributed by atoms with Crippen LogP contribution in [0.5, 0.6) is 0 Å². The van der Waals surface area contributed by atoms with Gasteiger partial charge in [-0.15, -0.1) is 0 Å². The molecule has 0 aromatic rings. The third-order valence-electron chi connectivity index (χ3n) is 11.4. The highest BCUT2D eigenvalue weighted by atomic mass is 16.5. The van der Waals surface area contributed by atoms with Crippen molar-refractivity contribution >= 4 is 5.97 Å². The fourth-order valence-electron chi connectivity index (χ4n) is 9.63. The molecule has 0 spiro atoms. The van der Waals surface area contributed by atoms with Crippen LogP contribution < -0.4 is 5.73 Å². The molecule has 11 unspecified atom stereocenters. The maximum atomic E-state index is 11.8. The van der Waals surface area contributed by atoms with E-state index in [-0.39, 0.29) is 5.97 Å². The monoisotopic (exact) mass is 417 g/mol. The molecule has 0 amide bonds. The van der Waals surface area contributed by atoms with Gasteiger partial charge in [0.05, 0.1) is 7.11 Å². The molecule has 0 saturated heterocycles. The van der Waals surface area contributed by atoms with E-state index in [1.165, 1.54) is 52.1 Å². The van der Waals surface area contributed by atoms with Gasteiger partial charge in [0, 0.05) is 12.5 Å². The zero-order chi connectivity index (χ0) is 21.8. The summed E-state index contributed by atoms with van der Waals surface area (Å²) < 4.78 is 4.92. The molecule has 0 aliphatic heterocycles. The molecule has 4 rings (SSSR count). The van der Waals surface area contributed by atoms with E-state index in [1.807, 2.05) is 0 Å². The first-order valence-electron chi connectivity index (χ1n) is 12.9. The fourth-order valence-corrected chi connectivity index (χ4v) is 9.63. The van der Waals surface area contributed by atoms with Crippen molar-refractivity contribution in [1.82, 2.24) is 0 Å². The van der Waals surface area contributed by atoms with Gasteiger partial charge in [-0.3, -0.25) is 4.79 Å². The number of carbonyl (C=O) groups excluding carboxylic acids is 1. The van der Waals surface area contributed by atoms with Gasteiger partial charge in [0.25, 0.3) is 0 Å². The van der Waals surface area contributed by atoms with E-state index in [2.05, 4.69) is 34.6 Å². The van der Waals surface area contributed by atoms with E-state index in [0.29, 0.717) is 29.2 Å². The van der Waals surface area contributed by atoms with Crippen molar-refractivity contribution in [1.29, 1.82) is 0 Å². The molecule has 4 aliphatic carbocycles. The first-order chi connectivity index (χ1) is 14.1. The Labute approximate surface area is 185 Å². The number of carbonyl (C=O) groups is 1. The van der Waals surface area contributed by atoms with Crippen LogP contribution in [0.15, 0.2) is 0 Å². The summed E-state index contributed by atoms with van der Waals surface area (Å²) in [6.45, 7) is 12.8. The van der Waals surface area contributed by atoms with Crippen LogP contribution in [-0.4, -0.2) is 19.1 Å². The Balaban J connectivity index is 1.58. The van der Waals surface area contributed by atoms with E-state index in [1.54, 1.807) is 0 Å². The lowest BCUT2D eigenvalue weighted by molar-refractivity contribution is -0.160. The average Bonchev–Trinajstić information content (AvgIpc) is 3.06. The first kappa shape index (κ1) is 22.6. The molecule has 0 aromatic carbocycles. The van der Waals surface area contributed by atoms with Crippen molar-refractivity contribution in [3.05, 3.63) is 0 Å². The molecule has 3 nitrogen and oxygen atoms in total. The lowest BCUT2D eigenvalue weighted by Gasteiger charge is -2.65. The molecule has 0 aromatic heterocycles. The van der Waals surface area contributed by atoms with Crippen LogP contribution in [0.4, 0.5) is 0 Å². The highest BCUT2D eigenvalue weighted by molar-refractivity contribution is 5.69. The van der Waals surface area contributed by atoms with Crippen molar-refractivity contribution in [2.45, 2.75) is 98.4 Å². The Bertz CT molecular complexity index is 649. The van der Waals surface area contributed by atoms with Gasteiger partial charge in [0.1, 0.15) is 0 Å². The van der Waals surface area contributed by atoms with Crippen molar-refractivity contribution in [2.75, 3.05) is 7.11 Å². The van der Waals surface area contributed by atoms with Crippen LogP contribution in [0.25, 0.3) is 0 Å². The van der Waals surface area contributed by atoms with Crippen LogP contribution >= 0.6 is 0 Å². The normalized spacial score (nSPS) is 51.4. The third-order valence-corrected chi connectivity index (χ3v) is 11.4. The standard InChI is InChI=1S/C27H47NO2/c1-16(7-10-24(29)30-6)21-8-9-22-25-17(2)13-19-15-20(28)11-12-26(19,4)23(25)14-18(3)27(21,22)5/h16-23,25H,7-15,28H2,1-6H3. The minimum atomic E-state index is -0.0475. The molecule has 4 fully saturated rings. The lowest BCUT2D eigenvalue weighted by atomic mass is 9.40. The zero-order valence-electron chi connectivity index (χ0n) is 20.5. The molecule has 4 aliphatic rings. The second-order valence-electron chi connectivity index (χ2n) is 12.5. The van der Waals surface area contributed by atoms with Gasteiger partial charge in [-0.05, 0) is 110 Å². The number of hydrogen-bond donors (Lipinski definition) is 1. The SMILES string of the molecule is COC(=O)CCC(C)C1CCC2C3C(C)CC4CC(N)CCC4(C)C3CC(C)C12C. The van der Waals surface area contributed by atoms with Crippen LogP contribution in [0, 0.1) is 58.2 Å². The van der Waals surface area contributed by atoms with Gasteiger partial charge in [0.2, 0.25) is 0 Å². The molecular weight excluding hydrogens is 370 g/mol. The number of nitrogens with two attached hydrogens (primary N) is 1. The molecule has 11 atom stereocenters. The number of hydrogen-bond acceptors (Lipinski definition) is 3. The average molecular weight is 418 g/mol. The lowest BCUT2D eigenvalue weighted by Crippen LogP contribution is -2.59. The summed E-state index contributed by atoms with van der Waals surface area (Å²) in [6.07, 6.45) is 11.0. The number of rotatable bonds is 4. The molecule has 172 valence electrons. The van der Waals surface area contributed by atoms with Gasteiger partial charge < -0.3 is 10.5 Å². The van der Waals surface area contributed by atoms with Crippen molar-refractivity contribution in [2.24, 2.45) is 63.9 Å². The predicted molar refractivity (Wildman–Crippen MR) is 123 cm³/mol. The molecule has 2 N–H and O–H groups in total. The summed E-state index contributed by atoms with van der Waals surface area (Å²) in [5, 5.41) is 0. The molecule has 4 saturated carbocycles. The zero-order valence-corrected chi connectivity index (χ0v) is 20.5. The Hall–Kier alpha value is -0.570. The van der Waals surface area contributed by atoms with E-state index < -0.39 is 0 Å². The van der Waals surface area contributed by atoms with E-state index in [0.717, 1.165) is 47.8 Å². The highest BCUT2D eigenvalue weighted by Crippen LogP contribution is 2.70. The van der Waals surface area contributed by atoms with Crippen LogP contribution in [0.3, 0.4) is 0 Å². The smallest absolute Gasteiger partial charge is 0.305 e. The van der Waals surface area contributed by atoms with Gasteiger partial charge in [-0.25, -0.2) is 0 Å². The van der Waals surface area contributed by atoms with Crippen LogP contribution in [0.1, 0.15) is 92.4 Å². The van der Waals surface area contributed by atoms with Gasteiger partial charge in [0.15, 0.2) is 0 Å². The summed E-state index contributed by atoms with van der Waals surface area (Å²) in [6, 6.07) is 0.435. The maximum absolute atomic E-state index is 11.8.